The van der Waals surface area contributed by atoms with E-state index in [9.17, 15) is 27.7 Å². The fraction of sp³-hybridized carbons (Fsp3) is 0.350. The average molecular weight is 467 g/mol. The van der Waals surface area contributed by atoms with Gasteiger partial charge in [0.2, 0.25) is 15.8 Å². The molecule has 0 radical (unpaired) electrons. The predicted molar refractivity (Wildman–Crippen MR) is 113 cm³/mol. The molecule has 1 aliphatic rings. The van der Waals surface area contributed by atoms with Crippen LogP contribution in [0.25, 0.3) is 0 Å². The van der Waals surface area contributed by atoms with E-state index in [4.69, 9.17) is 9.47 Å². The van der Waals surface area contributed by atoms with Crippen molar-refractivity contribution in [2.75, 3.05) is 32.1 Å². The van der Waals surface area contributed by atoms with Crippen molar-refractivity contribution in [1.82, 2.24) is 4.31 Å². The summed E-state index contributed by atoms with van der Waals surface area (Å²) in [4.78, 5) is 22.5. The lowest BCUT2D eigenvalue weighted by molar-refractivity contribution is -0.385. The van der Waals surface area contributed by atoms with Gasteiger partial charge in [0.1, 0.15) is 16.5 Å². The van der Waals surface area contributed by atoms with Crippen molar-refractivity contribution in [3.63, 3.8) is 0 Å². The molecule has 0 saturated carbocycles. The number of hydrogen-bond donors (Lipinski definition) is 1. The lowest BCUT2D eigenvalue weighted by atomic mass is 10.2. The second-order valence-electron chi connectivity index (χ2n) is 7.04. The number of nitro benzene ring substituents is 1. The Hall–Kier alpha value is -3.25. The molecule has 172 valence electrons. The van der Waals surface area contributed by atoms with Crippen LogP contribution in [0.1, 0.15) is 19.3 Å². The van der Waals surface area contributed by atoms with Crippen molar-refractivity contribution >= 4 is 27.3 Å². The van der Waals surface area contributed by atoms with Gasteiger partial charge in [-0.1, -0.05) is 6.42 Å². The Labute approximate surface area is 184 Å². The minimum atomic E-state index is -3.83. The Balaban J connectivity index is 1.75. The molecule has 0 atom stereocenters. The van der Waals surface area contributed by atoms with Gasteiger partial charge in [0.05, 0.1) is 12.0 Å². The number of halogens is 1. The number of sulfonamides is 1. The lowest BCUT2D eigenvalue weighted by Gasteiger charge is -2.26. The monoisotopic (exact) mass is 467 g/mol. The first kappa shape index (κ1) is 23.4. The molecule has 2 aromatic carbocycles. The minimum absolute atomic E-state index is 0.0820. The van der Waals surface area contributed by atoms with Gasteiger partial charge in [-0.05, 0) is 37.1 Å². The molecular formula is C20H22FN3O7S. The predicted octanol–water partition coefficient (Wildman–Crippen LogP) is 2.93. The molecule has 1 N–H and O–H groups in total. The zero-order valence-corrected chi connectivity index (χ0v) is 18.1. The van der Waals surface area contributed by atoms with E-state index >= 15 is 0 Å². The highest BCUT2D eigenvalue weighted by atomic mass is 32.2. The van der Waals surface area contributed by atoms with Crippen LogP contribution in [0, 0.1) is 15.9 Å². The second kappa shape index (κ2) is 9.92. The fourth-order valence-corrected chi connectivity index (χ4v) is 4.99. The third kappa shape index (κ3) is 5.32. The SMILES string of the molecule is COc1ccc(NC(=O)COc2cc(F)ccc2[N+](=O)[O-])cc1S(=O)(=O)N1CCCCC1. The molecule has 0 aromatic heterocycles. The van der Waals surface area contributed by atoms with Crippen LogP contribution in [-0.2, 0) is 14.8 Å². The maximum Gasteiger partial charge on any atom is 0.311 e. The normalized spacial score (nSPS) is 14.6. The number of carbonyl (C=O) groups is 1. The maximum absolute atomic E-state index is 13.4. The summed E-state index contributed by atoms with van der Waals surface area (Å²) in [6, 6.07) is 6.81. The molecule has 0 unspecified atom stereocenters. The van der Waals surface area contributed by atoms with Gasteiger partial charge in [0.15, 0.2) is 6.61 Å². The number of ether oxygens (including phenoxy) is 2. The molecule has 12 heteroatoms. The van der Waals surface area contributed by atoms with Gasteiger partial charge in [-0.2, -0.15) is 4.31 Å². The summed E-state index contributed by atoms with van der Waals surface area (Å²) < 4.78 is 51.2. The Bertz CT molecular complexity index is 1120. The van der Waals surface area contributed by atoms with Gasteiger partial charge in [0.25, 0.3) is 5.91 Å². The number of rotatable bonds is 8. The highest BCUT2D eigenvalue weighted by Gasteiger charge is 2.29. The number of anilines is 1. The number of nitrogens with zero attached hydrogens (tertiary/aromatic N) is 2. The topological polar surface area (TPSA) is 128 Å². The van der Waals surface area contributed by atoms with Crippen molar-refractivity contribution in [3.8, 4) is 11.5 Å². The number of nitro groups is 1. The molecule has 10 nitrogen and oxygen atoms in total. The van der Waals surface area contributed by atoms with Gasteiger partial charge >= 0.3 is 5.69 Å². The highest BCUT2D eigenvalue weighted by Crippen LogP contribution is 2.31. The summed E-state index contributed by atoms with van der Waals surface area (Å²) in [7, 11) is -2.48. The van der Waals surface area contributed by atoms with Crippen LogP contribution in [0.4, 0.5) is 15.8 Å². The zero-order valence-electron chi connectivity index (χ0n) is 17.2. The minimum Gasteiger partial charge on any atom is -0.495 e. The van der Waals surface area contributed by atoms with Crippen LogP contribution in [0.2, 0.25) is 0 Å². The Morgan fingerprint density at radius 1 is 1.16 bits per heavy atom. The van der Waals surface area contributed by atoms with E-state index in [0.29, 0.717) is 13.1 Å². The molecule has 0 bridgehead atoms. The van der Waals surface area contributed by atoms with Gasteiger partial charge in [-0.25, -0.2) is 12.8 Å². The second-order valence-corrected chi connectivity index (χ2v) is 8.94. The Morgan fingerprint density at radius 3 is 2.53 bits per heavy atom. The first-order valence-corrected chi connectivity index (χ1v) is 11.2. The van der Waals surface area contributed by atoms with Gasteiger partial charge < -0.3 is 14.8 Å². The Morgan fingerprint density at radius 2 is 1.88 bits per heavy atom. The molecule has 2 aromatic rings. The van der Waals surface area contributed by atoms with Gasteiger partial charge in [-0.15, -0.1) is 0 Å². The van der Waals surface area contributed by atoms with Crippen LogP contribution in [0.3, 0.4) is 0 Å². The number of benzene rings is 2. The van der Waals surface area contributed by atoms with Crippen LogP contribution < -0.4 is 14.8 Å². The van der Waals surface area contributed by atoms with E-state index in [-0.39, 0.29) is 16.3 Å². The largest absolute Gasteiger partial charge is 0.495 e. The quantitative estimate of drug-likeness (QED) is 0.467. The average Bonchev–Trinajstić information content (AvgIpc) is 2.78. The van der Waals surface area contributed by atoms with Crippen molar-refractivity contribution in [3.05, 3.63) is 52.3 Å². The molecule has 0 aliphatic carbocycles. The highest BCUT2D eigenvalue weighted by molar-refractivity contribution is 7.89. The van der Waals surface area contributed by atoms with E-state index in [1.54, 1.807) is 0 Å². The number of nitrogens with one attached hydrogen (secondary N) is 1. The van der Waals surface area contributed by atoms with Gasteiger partial charge in [-0.3, -0.25) is 14.9 Å². The van der Waals surface area contributed by atoms with Crippen molar-refractivity contribution in [2.24, 2.45) is 0 Å². The number of piperidine rings is 1. The molecule has 3 rings (SSSR count). The summed E-state index contributed by atoms with van der Waals surface area (Å²) in [6.07, 6.45) is 2.49. The fourth-order valence-electron chi connectivity index (χ4n) is 3.30. The summed E-state index contributed by atoms with van der Waals surface area (Å²) in [5, 5.41) is 13.5. The number of hydrogen-bond acceptors (Lipinski definition) is 7. The van der Waals surface area contributed by atoms with E-state index in [1.165, 1.54) is 29.6 Å². The van der Waals surface area contributed by atoms with E-state index in [1.807, 2.05) is 0 Å². The van der Waals surface area contributed by atoms with Crippen LogP contribution in [0.5, 0.6) is 11.5 Å². The van der Waals surface area contributed by atoms with Crippen molar-refractivity contribution < 1.29 is 32.0 Å². The molecule has 32 heavy (non-hydrogen) atoms. The summed E-state index contributed by atoms with van der Waals surface area (Å²) in [5.74, 6) is -1.72. The molecular weight excluding hydrogens is 445 g/mol. The Kier molecular flexibility index (Phi) is 7.26. The van der Waals surface area contributed by atoms with E-state index in [0.717, 1.165) is 37.5 Å². The van der Waals surface area contributed by atoms with Crippen LogP contribution in [-0.4, -0.2) is 50.4 Å². The first-order chi connectivity index (χ1) is 15.2. The van der Waals surface area contributed by atoms with Crippen LogP contribution >= 0.6 is 0 Å². The zero-order chi connectivity index (χ0) is 23.3. The first-order valence-electron chi connectivity index (χ1n) is 9.77. The third-order valence-corrected chi connectivity index (χ3v) is 6.78. The third-order valence-electron chi connectivity index (χ3n) is 4.86. The summed E-state index contributed by atoms with van der Waals surface area (Å²) in [5.41, 5.74) is -0.317. The van der Waals surface area contributed by atoms with E-state index < -0.39 is 44.7 Å². The van der Waals surface area contributed by atoms with Crippen LogP contribution in [0.15, 0.2) is 41.3 Å². The smallest absolute Gasteiger partial charge is 0.311 e. The van der Waals surface area contributed by atoms with E-state index in [2.05, 4.69) is 5.32 Å². The molecule has 1 fully saturated rings. The molecule has 0 spiro atoms. The lowest BCUT2D eigenvalue weighted by Crippen LogP contribution is -2.35. The van der Waals surface area contributed by atoms with Crippen molar-refractivity contribution in [2.45, 2.75) is 24.2 Å². The molecule has 1 aliphatic heterocycles. The summed E-state index contributed by atoms with van der Waals surface area (Å²) in [6.45, 7) is 0.162. The number of carbonyl (C=O) groups excluding carboxylic acids is 1. The molecule has 1 heterocycles. The standard InChI is InChI=1S/C20H22FN3O7S/c1-30-17-8-6-15(12-19(17)32(28,29)23-9-3-2-4-10-23)22-20(25)13-31-18-11-14(21)5-7-16(18)24(26)27/h5-8,11-12H,2-4,9-10,13H2,1H3,(H,22,25). The molecule has 1 saturated heterocycles. The van der Waals surface area contributed by atoms with Crippen molar-refractivity contribution in [1.29, 1.82) is 0 Å². The summed E-state index contributed by atoms with van der Waals surface area (Å²) >= 11 is 0. The maximum atomic E-state index is 13.4. The number of amides is 1. The number of methoxy groups -OCH3 is 1. The molecule has 1 amide bonds. The van der Waals surface area contributed by atoms with Gasteiger partial charge in [0, 0.05) is 30.9 Å².